The van der Waals surface area contributed by atoms with Gasteiger partial charge in [0.25, 0.3) is 0 Å². The van der Waals surface area contributed by atoms with Crippen LogP contribution in [-0.4, -0.2) is 25.1 Å². The van der Waals surface area contributed by atoms with E-state index in [2.05, 4.69) is 15.2 Å². The number of rotatable bonds is 3. The summed E-state index contributed by atoms with van der Waals surface area (Å²) in [5.74, 6) is 0. The van der Waals surface area contributed by atoms with E-state index in [-0.39, 0.29) is 0 Å². The monoisotopic (exact) mass is 266 g/mol. The molecular weight excluding hydrogens is 252 g/mol. The van der Waals surface area contributed by atoms with E-state index in [0.29, 0.717) is 11.3 Å². The summed E-state index contributed by atoms with van der Waals surface area (Å²) in [5, 5.41) is 18.8. The van der Waals surface area contributed by atoms with Crippen LogP contribution < -0.4 is 0 Å². The summed E-state index contributed by atoms with van der Waals surface area (Å²) in [5.41, 5.74) is 3.07. The molecule has 2 heterocycles. The van der Waals surface area contributed by atoms with Gasteiger partial charge in [0.2, 0.25) is 0 Å². The van der Waals surface area contributed by atoms with Crippen molar-refractivity contribution in [3.63, 3.8) is 0 Å². The van der Waals surface area contributed by atoms with E-state index >= 15 is 0 Å². The fourth-order valence-corrected chi connectivity index (χ4v) is 1.98. The number of benzene rings is 1. The highest BCUT2D eigenvalue weighted by Gasteiger charge is 2.15. The smallest absolute Gasteiger partial charge is 0.126 e. The van der Waals surface area contributed by atoms with Crippen LogP contribution in [0.25, 0.3) is 5.69 Å². The molecular formula is C15H14N4O. The average molecular weight is 266 g/mol. The summed E-state index contributed by atoms with van der Waals surface area (Å²) in [6, 6.07) is 11.5. The second-order valence-electron chi connectivity index (χ2n) is 4.59. The molecule has 0 bridgehead atoms. The van der Waals surface area contributed by atoms with Crippen molar-refractivity contribution >= 4 is 0 Å². The first kappa shape index (κ1) is 12.5. The number of hydrogen-bond donors (Lipinski definition) is 1. The first-order chi connectivity index (χ1) is 9.74. The Morgan fingerprint density at radius 2 is 1.90 bits per heavy atom. The number of hydrogen-bond acceptors (Lipinski definition) is 4. The van der Waals surface area contributed by atoms with Crippen LogP contribution in [0.15, 0.2) is 55.0 Å². The zero-order chi connectivity index (χ0) is 13.9. The maximum Gasteiger partial charge on any atom is 0.126 e. The largest absolute Gasteiger partial charge is 0.382 e. The number of nitrogens with zero attached hydrogens (tertiary/aromatic N) is 4. The Morgan fingerprint density at radius 3 is 2.65 bits per heavy atom. The molecule has 5 heteroatoms. The number of pyridine rings is 1. The fraction of sp³-hybridized carbons (Fsp3) is 0.133. The lowest BCUT2D eigenvalue weighted by atomic mass is 10.1. The Hall–Kier alpha value is -2.53. The molecule has 2 aromatic heterocycles. The highest BCUT2D eigenvalue weighted by Crippen LogP contribution is 2.20. The van der Waals surface area contributed by atoms with Crippen molar-refractivity contribution in [1.29, 1.82) is 0 Å². The van der Waals surface area contributed by atoms with Crippen LogP contribution in [0.2, 0.25) is 0 Å². The zero-order valence-electron chi connectivity index (χ0n) is 11.0. The maximum atomic E-state index is 10.3. The first-order valence-corrected chi connectivity index (χ1v) is 6.31. The van der Waals surface area contributed by atoms with Crippen LogP contribution in [0.5, 0.6) is 0 Å². The molecule has 0 aliphatic heterocycles. The summed E-state index contributed by atoms with van der Waals surface area (Å²) in [6.45, 7) is 1.93. The summed E-state index contributed by atoms with van der Waals surface area (Å²) < 4.78 is 0. The molecule has 0 saturated heterocycles. The quantitative estimate of drug-likeness (QED) is 0.788. The number of para-hydroxylation sites is 1. The van der Waals surface area contributed by atoms with Crippen LogP contribution in [-0.2, 0) is 0 Å². The summed E-state index contributed by atoms with van der Waals surface area (Å²) in [4.78, 5) is 5.58. The van der Waals surface area contributed by atoms with Gasteiger partial charge in [-0.1, -0.05) is 24.3 Å². The molecule has 1 N–H and O–H groups in total. The second kappa shape index (κ2) is 5.22. The Balaban J connectivity index is 1.90. The van der Waals surface area contributed by atoms with Gasteiger partial charge in [0.15, 0.2) is 0 Å². The van der Waals surface area contributed by atoms with Gasteiger partial charge in [-0.15, -0.1) is 0 Å². The first-order valence-electron chi connectivity index (χ1n) is 6.31. The van der Waals surface area contributed by atoms with Gasteiger partial charge < -0.3 is 5.11 Å². The molecule has 3 rings (SSSR count). The molecule has 5 nitrogen and oxygen atoms in total. The predicted octanol–water partition coefficient (Wildman–Crippen LogP) is 2.05. The average Bonchev–Trinajstić information content (AvgIpc) is 2.97. The molecule has 1 unspecified atom stereocenters. The zero-order valence-corrected chi connectivity index (χ0v) is 11.0. The fourth-order valence-electron chi connectivity index (χ4n) is 1.98. The Labute approximate surface area is 116 Å². The van der Waals surface area contributed by atoms with E-state index in [0.717, 1.165) is 11.3 Å². The predicted molar refractivity (Wildman–Crippen MR) is 74.4 cm³/mol. The third-order valence-electron chi connectivity index (χ3n) is 2.99. The lowest BCUT2D eigenvalue weighted by molar-refractivity contribution is 0.214. The maximum absolute atomic E-state index is 10.3. The lowest BCUT2D eigenvalue weighted by Gasteiger charge is -2.07. The third-order valence-corrected chi connectivity index (χ3v) is 2.99. The van der Waals surface area contributed by atoms with Crippen molar-refractivity contribution in [3.8, 4) is 5.69 Å². The summed E-state index contributed by atoms with van der Waals surface area (Å²) in [6.07, 6.45) is 4.14. The van der Waals surface area contributed by atoms with Gasteiger partial charge in [0.1, 0.15) is 11.8 Å². The molecule has 0 spiro atoms. The van der Waals surface area contributed by atoms with Crippen LogP contribution >= 0.6 is 0 Å². The standard InChI is InChI=1S/C15H14N4O/c1-11-7-12(9-16-8-11)15(20)14-10-17-19(18-14)13-5-3-2-4-6-13/h2-10,15,20H,1H3. The molecule has 1 aromatic carbocycles. The molecule has 0 fully saturated rings. The van der Waals surface area contributed by atoms with Gasteiger partial charge in [-0.25, -0.2) is 0 Å². The SMILES string of the molecule is Cc1cncc(C(O)c2cnn(-c3ccccc3)n2)c1. The van der Waals surface area contributed by atoms with Gasteiger partial charge in [-0.3, -0.25) is 4.98 Å². The van der Waals surface area contributed by atoms with E-state index in [1.54, 1.807) is 18.6 Å². The summed E-state index contributed by atoms with van der Waals surface area (Å²) >= 11 is 0. The minimum Gasteiger partial charge on any atom is -0.382 e. The normalized spacial score (nSPS) is 12.3. The van der Waals surface area contributed by atoms with Crippen molar-refractivity contribution in [2.24, 2.45) is 0 Å². The van der Waals surface area contributed by atoms with E-state index in [9.17, 15) is 5.11 Å². The third kappa shape index (κ3) is 2.44. The Kier molecular flexibility index (Phi) is 3.26. The molecule has 1 atom stereocenters. The van der Waals surface area contributed by atoms with Crippen LogP contribution in [0.1, 0.15) is 22.9 Å². The topological polar surface area (TPSA) is 63.8 Å². The van der Waals surface area contributed by atoms with Gasteiger partial charge in [-0.2, -0.15) is 15.0 Å². The molecule has 20 heavy (non-hydrogen) atoms. The Bertz CT molecular complexity index is 709. The molecule has 0 radical (unpaired) electrons. The molecule has 3 aromatic rings. The molecule has 0 aliphatic carbocycles. The highest BCUT2D eigenvalue weighted by molar-refractivity contribution is 5.30. The van der Waals surface area contributed by atoms with Crippen LogP contribution in [0.3, 0.4) is 0 Å². The molecule has 0 amide bonds. The van der Waals surface area contributed by atoms with Crippen molar-refractivity contribution in [1.82, 2.24) is 20.0 Å². The molecule has 0 saturated carbocycles. The van der Waals surface area contributed by atoms with Gasteiger partial charge in [-0.05, 0) is 24.6 Å². The van der Waals surface area contributed by atoms with Crippen molar-refractivity contribution in [3.05, 3.63) is 71.8 Å². The highest BCUT2D eigenvalue weighted by atomic mass is 16.3. The van der Waals surface area contributed by atoms with Crippen LogP contribution in [0.4, 0.5) is 0 Å². The van der Waals surface area contributed by atoms with Gasteiger partial charge in [0, 0.05) is 18.0 Å². The minimum absolute atomic E-state index is 0.501. The van der Waals surface area contributed by atoms with Crippen molar-refractivity contribution < 1.29 is 5.11 Å². The number of aliphatic hydroxyl groups excluding tert-OH is 1. The van der Waals surface area contributed by atoms with Gasteiger partial charge >= 0.3 is 0 Å². The number of aryl methyl sites for hydroxylation is 1. The van der Waals surface area contributed by atoms with Crippen molar-refractivity contribution in [2.45, 2.75) is 13.0 Å². The Morgan fingerprint density at radius 1 is 1.10 bits per heavy atom. The van der Waals surface area contributed by atoms with Crippen molar-refractivity contribution in [2.75, 3.05) is 0 Å². The molecule has 0 aliphatic rings. The van der Waals surface area contributed by atoms with Crippen LogP contribution in [0, 0.1) is 6.92 Å². The number of aromatic nitrogens is 4. The van der Waals surface area contributed by atoms with E-state index in [1.807, 2.05) is 43.3 Å². The van der Waals surface area contributed by atoms with E-state index in [4.69, 9.17) is 0 Å². The lowest BCUT2D eigenvalue weighted by Crippen LogP contribution is -2.04. The van der Waals surface area contributed by atoms with Gasteiger partial charge in [0.05, 0.1) is 11.9 Å². The van der Waals surface area contributed by atoms with E-state index in [1.165, 1.54) is 4.80 Å². The van der Waals surface area contributed by atoms with E-state index < -0.39 is 6.10 Å². The number of aliphatic hydroxyl groups is 1. The summed E-state index contributed by atoms with van der Waals surface area (Å²) in [7, 11) is 0. The molecule has 100 valence electrons. The minimum atomic E-state index is -0.820. The second-order valence-corrected chi connectivity index (χ2v) is 4.59.